The number of aliphatic hydroxyl groups excluding tert-OH is 1. The third-order valence-electron chi connectivity index (χ3n) is 6.30. The van der Waals surface area contributed by atoms with E-state index in [4.69, 9.17) is 5.11 Å². The Labute approximate surface area is 222 Å². The number of fused-ring (bicyclic) bond motifs is 1. The molecule has 4 aromatic rings. The molecule has 14 heteroatoms. The number of aromatic amines is 1. The lowest BCUT2D eigenvalue weighted by molar-refractivity contribution is -0.138. The summed E-state index contributed by atoms with van der Waals surface area (Å²) < 4.78 is 83.2. The van der Waals surface area contributed by atoms with Crippen LogP contribution >= 0.6 is 0 Å². The second-order valence-electron chi connectivity index (χ2n) is 9.20. The lowest BCUT2D eigenvalue weighted by Gasteiger charge is -2.18. The molecule has 212 valence electrons. The molecule has 0 saturated heterocycles. The number of rotatable bonds is 9. The average Bonchev–Trinajstić information content (AvgIpc) is 2.89. The normalized spacial score (nSPS) is 13.0. The minimum absolute atomic E-state index is 0.00382. The van der Waals surface area contributed by atoms with Crippen LogP contribution in [0.25, 0.3) is 22.0 Å². The minimum atomic E-state index is -4.87. The number of aryl methyl sites for hydroxylation is 1. The van der Waals surface area contributed by atoms with Gasteiger partial charge in [0.05, 0.1) is 23.0 Å². The third-order valence-corrected chi connectivity index (χ3v) is 6.30. The number of benzene rings is 1. The van der Waals surface area contributed by atoms with E-state index in [1.54, 1.807) is 18.1 Å². The quantitative estimate of drug-likeness (QED) is 0.254. The maximum atomic E-state index is 14.9. The third kappa shape index (κ3) is 6.01. The molecular formula is C26H23F6N5O3. The highest BCUT2D eigenvalue weighted by Gasteiger charge is 2.37. The number of pyridine rings is 2. The van der Waals surface area contributed by atoms with Gasteiger partial charge in [-0.05, 0) is 55.5 Å². The summed E-state index contributed by atoms with van der Waals surface area (Å²) in [6, 6.07) is 5.71. The molecule has 0 bridgehead atoms. The Hall–Kier alpha value is -4.20. The first-order valence-corrected chi connectivity index (χ1v) is 12.0. The maximum absolute atomic E-state index is 14.9. The Bertz CT molecular complexity index is 1630. The van der Waals surface area contributed by atoms with Crippen LogP contribution in [0.15, 0.2) is 58.5 Å². The summed E-state index contributed by atoms with van der Waals surface area (Å²) in [7, 11) is 0. The molecule has 0 aliphatic rings. The van der Waals surface area contributed by atoms with E-state index in [1.165, 1.54) is 22.9 Å². The van der Waals surface area contributed by atoms with Crippen LogP contribution in [0.5, 0.6) is 0 Å². The fourth-order valence-corrected chi connectivity index (χ4v) is 4.23. The molecule has 0 radical (unpaired) electrons. The Morgan fingerprint density at radius 2 is 1.85 bits per heavy atom. The van der Waals surface area contributed by atoms with Gasteiger partial charge in [0.2, 0.25) is 0 Å². The smallest absolute Gasteiger partial charge is 0.390 e. The van der Waals surface area contributed by atoms with Crippen molar-refractivity contribution in [3.8, 4) is 11.3 Å². The van der Waals surface area contributed by atoms with Gasteiger partial charge in [-0.1, -0.05) is 0 Å². The fraction of sp³-hybridized carbons (Fsp3) is 0.308. The highest BCUT2D eigenvalue weighted by molar-refractivity contribution is 5.86. The summed E-state index contributed by atoms with van der Waals surface area (Å²) >= 11 is 0. The number of aliphatic hydroxyl groups is 1. The molecular weight excluding hydrogens is 544 g/mol. The van der Waals surface area contributed by atoms with Gasteiger partial charge in [-0.2, -0.15) is 27.1 Å². The summed E-state index contributed by atoms with van der Waals surface area (Å²) in [6.45, 7) is 0.406. The van der Waals surface area contributed by atoms with Gasteiger partial charge >= 0.3 is 6.18 Å². The van der Waals surface area contributed by atoms with E-state index in [1.807, 2.05) is 0 Å². The SMILES string of the molecule is C[C@@H](CCCn1ccc2cc(-c3ccc(C(F)(F)CO)cn3)c(F)cc2c1=O)Nc1cn[nH]c(=O)c1C(F)(F)F. The molecule has 8 nitrogen and oxygen atoms in total. The van der Waals surface area contributed by atoms with Crippen molar-refractivity contribution < 1.29 is 31.4 Å². The zero-order valence-corrected chi connectivity index (χ0v) is 20.9. The average molecular weight is 567 g/mol. The molecule has 0 aliphatic heterocycles. The highest BCUT2D eigenvalue weighted by atomic mass is 19.4. The van der Waals surface area contributed by atoms with Gasteiger partial charge in [-0.25, -0.2) is 9.49 Å². The molecule has 40 heavy (non-hydrogen) atoms. The molecule has 0 unspecified atom stereocenters. The molecule has 0 saturated carbocycles. The van der Waals surface area contributed by atoms with E-state index in [0.29, 0.717) is 18.2 Å². The van der Waals surface area contributed by atoms with E-state index >= 15 is 0 Å². The van der Waals surface area contributed by atoms with Crippen LogP contribution in [0.4, 0.5) is 32.0 Å². The van der Waals surface area contributed by atoms with Crippen molar-refractivity contribution >= 4 is 16.5 Å². The van der Waals surface area contributed by atoms with Crippen molar-refractivity contribution in [3.63, 3.8) is 0 Å². The van der Waals surface area contributed by atoms with E-state index in [-0.39, 0.29) is 23.2 Å². The van der Waals surface area contributed by atoms with Crippen LogP contribution in [-0.2, 0) is 18.6 Å². The Morgan fingerprint density at radius 3 is 2.50 bits per heavy atom. The molecule has 4 rings (SSSR count). The zero-order valence-electron chi connectivity index (χ0n) is 20.9. The van der Waals surface area contributed by atoms with Crippen molar-refractivity contribution in [2.45, 2.75) is 44.5 Å². The molecule has 3 aromatic heterocycles. The molecule has 0 amide bonds. The van der Waals surface area contributed by atoms with Crippen LogP contribution < -0.4 is 16.4 Å². The largest absolute Gasteiger partial charge is 0.423 e. The summed E-state index contributed by atoms with van der Waals surface area (Å²) in [4.78, 5) is 28.5. The van der Waals surface area contributed by atoms with Crippen LogP contribution in [0.2, 0.25) is 0 Å². The molecule has 1 atom stereocenters. The van der Waals surface area contributed by atoms with Gasteiger partial charge in [-0.3, -0.25) is 14.6 Å². The number of hydrogen-bond donors (Lipinski definition) is 3. The van der Waals surface area contributed by atoms with Gasteiger partial charge in [-0.15, -0.1) is 0 Å². The number of aromatic nitrogens is 4. The van der Waals surface area contributed by atoms with Crippen molar-refractivity contribution in [3.05, 3.63) is 86.6 Å². The minimum Gasteiger partial charge on any atom is -0.390 e. The van der Waals surface area contributed by atoms with Crippen molar-refractivity contribution in [1.82, 2.24) is 19.7 Å². The van der Waals surface area contributed by atoms with Gasteiger partial charge in [0.15, 0.2) is 0 Å². The maximum Gasteiger partial charge on any atom is 0.423 e. The Morgan fingerprint density at radius 1 is 1.10 bits per heavy atom. The predicted molar refractivity (Wildman–Crippen MR) is 135 cm³/mol. The predicted octanol–water partition coefficient (Wildman–Crippen LogP) is 4.67. The lowest BCUT2D eigenvalue weighted by atomic mass is 10.0. The topological polar surface area (TPSA) is 113 Å². The molecule has 0 fully saturated rings. The molecule has 3 N–H and O–H groups in total. The number of alkyl halides is 5. The fourth-order valence-electron chi connectivity index (χ4n) is 4.23. The van der Waals surface area contributed by atoms with Gasteiger partial charge in [0.25, 0.3) is 17.0 Å². The Kier molecular flexibility index (Phi) is 8.00. The summed E-state index contributed by atoms with van der Waals surface area (Å²) in [5.41, 5.74) is -4.16. The van der Waals surface area contributed by atoms with E-state index in [2.05, 4.69) is 15.4 Å². The number of nitrogens with one attached hydrogen (secondary N) is 2. The Balaban J connectivity index is 1.47. The number of hydrogen-bond acceptors (Lipinski definition) is 6. The van der Waals surface area contributed by atoms with Crippen molar-refractivity contribution in [1.29, 1.82) is 0 Å². The van der Waals surface area contributed by atoms with Crippen LogP contribution in [0.1, 0.15) is 30.9 Å². The second-order valence-corrected chi connectivity index (χ2v) is 9.20. The van der Waals surface area contributed by atoms with Crippen LogP contribution in [0.3, 0.4) is 0 Å². The first kappa shape index (κ1) is 28.8. The zero-order chi connectivity index (χ0) is 29.2. The van der Waals surface area contributed by atoms with E-state index in [0.717, 1.165) is 24.5 Å². The van der Waals surface area contributed by atoms with Crippen molar-refractivity contribution in [2.24, 2.45) is 0 Å². The lowest BCUT2D eigenvalue weighted by Crippen LogP contribution is -2.27. The first-order valence-electron chi connectivity index (χ1n) is 12.0. The molecule has 0 aliphatic carbocycles. The summed E-state index contributed by atoms with van der Waals surface area (Å²) in [6.07, 6.45) is -0.956. The van der Waals surface area contributed by atoms with E-state index < -0.39 is 58.5 Å². The van der Waals surface area contributed by atoms with Crippen LogP contribution in [-0.4, -0.2) is 37.5 Å². The number of H-pyrrole nitrogens is 1. The monoisotopic (exact) mass is 567 g/mol. The number of halogens is 6. The van der Waals surface area contributed by atoms with E-state index in [9.17, 15) is 35.9 Å². The van der Waals surface area contributed by atoms with Crippen molar-refractivity contribution in [2.75, 3.05) is 11.9 Å². The molecule has 3 heterocycles. The number of nitrogens with zero attached hydrogens (tertiary/aromatic N) is 3. The number of anilines is 1. The molecule has 0 spiro atoms. The standard InChI is InChI=1S/C26H23F6N5O3/c1-14(35-21-12-34-36-23(39)22(21)26(30,31)32)3-2-7-37-8-6-15-9-18(19(27)10-17(15)24(37)40)20-5-4-16(11-33-20)25(28,29)13-38/h4-6,8-12,14,38H,2-3,7,13H2,1H3,(H2,35,36,39)/t14-/m0/s1. The van der Waals surface area contributed by atoms with Gasteiger partial charge in [0, 0.05) is 36.1 Å². The summed E-state index contributed by atoms with van der Waals surface area (Å²) in [5, 5.41) is 17.1. The van der Waals surface area contributed by atoms with Gasteiger partial charge < -0.3 is 15.0 Å². The first-order chi connectivity index (χ1) is 18.8. The molecule has 1 aromatic carbocycles. The summed E-state index contributed by atoms with van der Waals surface area (Å²) in [5.74, 6) is -4.28. The van der Waals surface area contributed by atoms with Crippen LogP contribution in [0, 0.1) is 5.82 Å². The highest BCUT2D eigenvalue weighted by Crippen LogP contribution is 2.32. The second kappa shape index (κ2) is 11.1. The van der Waals surface area contributed by atoms with Gasteiger partial charge in [0.1, 0.15) is 18.0 Å².